The zero-order valence-electron chi connectivity index (χ0n) is 13.2. The lowest BCUT2D eigenvalue weighted by Crippen LogP contribution is -2.26. The van der Waals surface area contributed by atoms with Crippen LogP contribution >= 0.6 is 0 Å². The fraction of sp³-hybridized carbons (Fsp3) is 0.625. The molecule has 0 bridgehead atoms. The van der Waals surface area contributed by atoms with Crippen LogP contribution in [0.1, 0.15) is 18.9 Å². The average Bonchev–Trinajstić information content (AvgIpc) is 2.96. The summed E-state index contributed by atoms with van der Waals surface area (Å²) in [5.41, 5.74) is 1.05. The molecule has 0 spiro atoms. The van der Waals surface area contributed by atoms with E-state index < -0.39 is 0 Å². The fourth-order valence-corrected chi connectivity index (χ4v) is 2.84. The maximum absolute atomic E-state index is 9.89. The Kier molecular flexibility index (Phi) is 5.70. The van der Waals surface area contributed by atoms with Crippen molar-refractivity contribution >= 4 is 0 Å². The van der Waals surface area contributed by atoms with Gasteiger partial charge in [-0.25, -0.2) is 0 Å². The van der Waals surface area contributed by atoms with E-state index >= 15 is 0 Å². The minimum atomic E-state index is 0.0538. The molecule has 1 aromatic rings. The number of ether oxygens (including phenoxy) is 2. The standard InChI is InChI=1S/C16H26N2O3/c1-4-18-6-5-12(11-18)9-17-10-13-7-14(20-2)16(19)15(8-13)21-3/h7-8,12,17,19H,4-6,9-11H2,1-3H3. The summed E-state index contributed by atoms with van der Waals surface area (Å²) in [5.74, 6) is 1.68. The second kappa shape index (κ2) is 7.52. The first-order chi connectivity index (χ1) is 10.2. The molecular weight excluding hydrogens is 268 g/mol. The number of phenolic OH excluding ortho intramolecular Hbond substituents is 1. The molecule has 0 radical (unpaired) electrons. The molecule has 2 N–H and O–H groups in total. The van der Waals surface area contributed by atoms with Gasteiger partial charge in [0, 0.05) is 13.1 Å². The Hall–Kier alpha value is -1.46. The van der Waals surface area contributed by atoms with Crippen LogP contribution in [0.3, 0.4) is 0 Å². The second-order valence-electron chi connectivity index (χ2n) is 5.53. The van der Waals surface area contributed by atoms with E-state index in [9.17, 15) is 5.11 Å². The van der Waals surface area contributed by atoms with E-state index in [4.69, 9.17) is 9.47 Å². The van der Waals surface area contributed by atoms with E-state index in [0.717, 1.165) is 31.1 Å². The lowest BCUT2D eigenvalue weighted by Gasteiger charge is -2.15. The molecule has 5 nitrogen and oxygen atoms in total. The quantitative estimate of drug-likeness (QED) is 0.804. The summed E-state index contributed by atoms with van der Waals surface area (Å²) in [5, 5.41) is 13.4. The van der Waals surface area contributed by atoms with E-state index in [1.165, 1.54) is 19.5 Å². The van der Waals surface area contributed by atoms with Gasteiger partial charge in [0.25, 0.3) is 0 Å². The van der Waals surface area contributed by atoms with Crippen molar-refractivity contribution in [3.8, 4) is 17.2 Å². The predicted molar refractivity (Wildman–Crippen MR) is 83.1 cm³/mol. The van der Waals surface area contributed by atoms with Gasteiger partial charge in [-0.15, -0.1) is 0 Å². The van der Waals surface area contributed by atoms with E-state index in [1.54, 1.807) is 14.2 Å². The zero-order valence-corrected chi connectivity index (χ0v) is 13.2. The van der Waals surface area contributed by atoms with Crippen LogP contribution in [0.4, 0.5) is 0 Å². The number of benzene rings is 1. The number of aromatic hydroxyl groups is 1. The number of methoxy groups -OCH3 is 2. The molecule has 5 heteroatoms. The highest BCUT2D eigenvalue weighted by Gasteiger charge is 2.20. The van der Waals surface area contributed by atoms with Crippen molar-refractivity contribution in [1.29, 1.82) is 0 Å². The number of rotatable bonds is 7. The minimum absolute atomic E-state index is 0.0538. The molecule has 0 saturated carbocycles. The first-order valence-corrected chi connectivity index (χ1v) is 7.54. The summed E-state index contributed by atoms with van der Waals surface area (Å²) in [4.78, 5) is 2.49. The van der Waals surface area contributed by atoms with Gasteiger partial charge in [0.1, 0.15) is 0 Å². The smallest absolute Gasteiger partial charge is 0.200 e. The molecule has 0 aromatic heterocycles. The molecule has 1 heterocycles. The highest BCUT2D eigenvalue weighted by Crippen LogP contribution is 2.37. The molecule has 1 atom stereocenters. The van der Waals surface area contributed by atoms with Crippen molar-refractivity contribution in [2.24, 2.45) is 5.92 Å². The number of nitrogens with one attached hydrogen (secondary N) is 1. The van der Waals surface area contributed by atoms with Crippen molar-refractivity contribution in [1.82, 2.24) is 10.2 Å². The molecule has 1 aromatic carbocycles. The topological polar surface area (TPSA) is 54.0 Å². The maximum Gasteiger partial charge on any atom is 0.200 e. The third-order valence-corrected chi connectivity index (χ3v) is 4.12. The van der Waals surface area contributed by atoms with Crippen LogP contribution in [0.5, 0.6) is 17.2 Å². The van der Waals surface area contributed by atoms with Gasteiger partial charge in [0.15, 0.2) is 11.5 Å². The minimum Gasteiger partial charge on any atom is -0.502 e. The lowest BCUT2D eigenvalue weighted by molar-refractivity contribution is 0.336. The normalized spacial score (nSPS) is 18.9. The van der Waals surface area contributed by atoms with Crippen LogP contribution in [0.15, 0.2) is 12.1 Å². The summed E-state index contributed by atoms with van der Waals surface area (Å²) in [6.45, 7) is 7.51. The zero-order chi connectivity index (χ0) is 15.2. The summed E-state index contributed by atoms with van der Waals surface area (Å²) < 4.78 is 10.3. The van der Waals surface area contributed by atoms with E-state index in [-0.39, 0.29) is 5.75 Å². The number of phenols is 1. The molecule has 1 aliphatic rings. The second-order valence-corrected chi connectivity index (χ2v) is 5.53. The molecule has 1 aliphatic heterocycles. The Morgan fingerprint density at radius 1 is 1.29 bits per heavy atom. The Morgan fingerprint density at radius 2 is 1.95 bits per heavy atom. The van der Waals surface area contributed by atoms with Gasteiger partial charge in [0.2, 0.25) is 5.75 Å². The van der Waals surface area contributed by atoms with Crippen LogP contribution < -0.4 is 14.8 Å². The van der Waals surface area contributed by atoms with E-state index in [2.05, 4.69) is 17.1 Å². The number of nitrogens with zero attached hydrogens (tertiary/aromatic N) is 1. The Balaban J connectivity index is 1.88. The Bertz CT molecular complexity index is 440. The largest absolute Gasteiger partial charge is 0.502 e. The Labute approximate surface area is 126 Å². The summed E-state index contributed by atoms with van der Waals surface area (Å²) in [7, 11) is 3.09. The molecule has 1 saturated heterocycles. The molecule has 0 aliphatic carbocycles. The molecule has 1 unspecified atom stereocenters. The van der Waals surface area contributed by atoms with Crippen LogP contribution in [0, 0.1) is 5.92 Å². The van der Waals surface area contributed by atoms with Crippen LogP contribution in [0.2, 0.25) is 0 Å². The van der Waals surface area contributed by atoms with Crippen molar-refractivity contribution < 1.29 is 14.6 Å². The summed E-state index contributed by atoms with van der Waals surface area (Å²) in [6.07, 6.45) is 1.27. The van der Waals surface area contributed by atoms with Crippen molar-refractivity contribution in [2.75, 3.05) is 40.4 Å². The number of likely N-dealkylation sites (tertiary alicyclic amines) is 1. The fourth-order valence-electron chi connectivity index (χ4n) is 2.84. The highest BCUT2D eigenvalue weighted by atomic mass is 16.5. The van der Waals surface area contributed by atoms with Gasteiger partial charge in [-0.05, 0) is 49.7 Å². The molecule has 2 rings (SSSR count). The average molecular weight is 294 g/mol. The van der Waals surface area contributed by atoms with Gasteiger partial charge >= 0.3 is 0 Å². The summed E-state index contributed by atoms with van der Waals surface area (Å²) in [6, 6.07) is 3.69. The van der Waals surface area contributed by atoms with Crippen molar-refractivity contribution in [3.05, 3.63) is 17.7 Å². The predicted octanol–water partition coefficient (Wildman–Crippen LogP) is 1.84. The SMILES string of the molecule is CCN1CCC(CNCc2cc(OC)c(O)c(OC)c2)C1. The molecular formula is C16H26N2O3. The summed E-state index contributed by atoms with van der Waals surface area (Å²) >= 11 is 0. The third kappa shape index (κ3) is 4.02. The van der Waals surface area contributed by atoms with E-state index in [0.29, 0.717) is 11.5 Å². The molecule has 1 fully saturated rings. The van der Waals surface area contributed by atoms with Crippen molar-refractivity contribution in [3.63, 3.8) is 0 Å². The van der Waals surface area contributed by atoms with Gasteiger partial charge in [-0.3, -0.25) is 0 Å². The Morgan fingerprint density at radius 3 is 2.48 bits per heavy atom. The number of hydrogen-bond acceptors (Lipinski definition) is 5. The van der Waals surface area contributed by atoms with Gasteiger partial charge in [-0.1, -0.05) is 6.92 Å². The van der Waals surface area contributed by atoms with Gasteiger partial charge in [0.05, 0.1) is 14.2 Å². The molecule has 118 valence electrons. The number of hydrogen-bond donors (Lipinski definition) is 2. The molecule has 21 heavy (non-hydrogen) atoms. The van der Waals surface area contributed by atoms with E-state index in [1.807, 2.05) is 12.1 Å². The van der Waals surface area contributed by atoms with Crippen LogP contribution in [-0.4, -0.2) is 50.4 Å². The van der Waals surface area contributed by atoms with Crippen molar-refractivity contribution in [2.45, 2.75) is 19.9 Å². The first-order valence-electron chi connectivity index (χ1n) is 7.54. The van der Waals surface area contributed by atoms with Gasteiger partial charge < -0.3 is 24.8 Å². The maximum atomic E-state index is 9.89. The van der Waals surface area contributed by atoms with Gasteiger partial charge in [-0.2, -0.15) is 0 Å². The van der Waals surface area contributed by atoms with Crippen LogP contribution in [0.25, 0.3) is 0 Å². The third-order valence-electron chi connectivity index (χ3n) is 4.12. The lowest BCUT2D eigenvalue weighted by atomic mass is 10.1. The van der Waals surface area contributed by atoms with Crippen LogP contribution in [-0.2, 0) is 6.54 Å². The molecule has 0 amide bonds. The first kappa shape index (κ1) is 15.9. The highest BCUT2D eigenvalue weighted by molar-refractivity contribution is 5.52. The monoisotopic (exact) mass is 294 g/mol.